The number of likely N-dealkylation sites (N-methyl/N-ethyl adjacent to an activating group) is 1. The van der Waals surface area contributed by atoms with E-state index in [9.17, 15) is 4.79 Å². The van der Waals surface area contributed by atoms with Gasteiger partial charge in [-0.1, -0.05) is 26.0 Å². The fourth-order valence-corrected chi connectivity index (χ4v) is 4.21. The maximum atomic E-state index is 12.8. The minimum atomic E-state index is -0.492. The molecule has 4 rings (SSSR count). The number of ether oxygens (including phenoxy) is 1. The number of nitrogens with zero attached hydrogens (tertiary/aromatic N) is 3. The van der Waals surface area contributed by atoms with Gasteiger partial charge in [0.05, 0.1) is 12.8 Å². The normalized spacial score (nSPS) is 23.3. The fraction of sp³-hybridized carbons (Fsp3) is 0.458. The van der Waals surface area contributed by atoms with Gasteiger partial charge in [-0.05, 0) is 61.9 Å². The highest BCUT2D eigenvalue weighted by Gasteiger charge is 2.37. The number of allylic oxidation sites excluding steroid dienone is 2. The first kappa shape index (κ1) is 21.3. The van der Waals surface area contributed by atoms with Gasteiger partial charge >= 0.3 is 0 Å². The molecule has 1 aliphatic carbocycles. The van der Waals surface area contributed by atoms with Gasteiger partial charge in [0.1, 0.15) is 17.5 Å². The van der Waals surface area contributed by atoms with Crippen LogP contribution in [0.15, 0.2) is 30.5 Å². The SMILES string of the molecule is CN1CCOC1(C)c1ccc(NC(=O)c2ncc(C#N)[nH]2)c(C2=CCC(C)(C)CC2)c1. The molecule has 1 unspecified atom stereocenters. The summed E-state index contributed by atoms with van der Waals surface area (Å²) in [5.74, 6) is -0.246. The lowest BCUT2D eigenvalue weighted by atomic mass is 9.76. The minimum Gasteiger partial charge on any atom is -0.355 e. The van der Waals surface area contributed by atoms with Gasteiger partial charge in [0.15, 0.2) is 5.82 Å². The van der Waals surface area contributed by atoms with E-state index in [1.165, 1.54) is 11.8 Å². The second-order valence-electron chi connectivity index (χ2n) is 9.32. The van der Waals surface area contributed by atoms with Crippen molar-refractivity contribution < 1.29 is 9.53 Å². The number of imidazole rings is 1. The summed E-state index contributed by atoms with van der Waals surface area (Å²) in [5, 5.41) is 12.0. The van der Waals surface area contributed by atoms with Crippen LogP contribution in [0.4, 0.5) is 5.69 Å². The Morgan fingerprint density at radius 1 is 1.35 bits per heavy atom. The third kappa shape index (κ3) is 4.14. The van der Waals surface area contributed by atoms with Crippen LogP contribution in [0.5, 0.6) is 0 Å². The van der Waals surface area contributed by atoms with E-state index >= 15 is 0 Å². The molecule has 7 nitrogen and oxygen atoms in total. The molecule has 2 aliphatic rings. The summed E-state index contributed by atoms with van der Waals surface area (Å²) in [6.07, 6.45) is 6.69. The minimum absolute atomic E-state index is 0.121. The third-order valence-corrected chi connectivity index (χ3v) is 6.57. The summed E-state index contributed by atoms with van der Waals surface area (Å²) in [6, 6.07) is 8.05. The Morgan fingerprint density at radius 2 is 2.16 bits per heavy atom. The van der Waals surface area contributed by atoms with Crippen molar-refractivity contribution in [2.75, 3.05) is 25.5 Å². The van der Waals surface area contributed by atoms with Crippen molar-refractivity contribution in [3.05, 3.63) is 53.1 Å². The van der Waals surface area contributed by atoms with Crippen LogP contribution in [-0.4, -0.2) is 41.0 Å². The predicted molar refractivity (Wildman–Crippen MR) is 119 cm³/mol. The molecule has 1 aromatic heterocycles. The van der Waals surface area contributed by atoms with Crippen LogP contribution >= 0.6 is 0 Å². The van der Waals surface area contributed by atoms with E-state index < -0.39 is 5.72 Å². The Bertz CT molecular complexity index is 1080. The molecule has 0 saturated carbocycles. The number of hydrogen-bond acceptors (Lipinski definition) is 5. The number of aromatic amines is 1. The molecule has 31 heavy (non-hydrogen) atoms. The molecule has 1 fully saturated rings. The predicted octanol–water partition coefficient (Wildman–Crippen LogP) is 4.26. The number of aromatic nitrogens is 2. The number of carbonyl (C=O) groups excluding carboxylic acids is 1. The quantitative estimate of drug-likeness (QED) is 0.772. The molecule has 1 amide bonds. The number of nitrogens with one attached hydrogen (secondary N) is 2. The first-order valence-corrected chi connectivity index (χ1v) is 10.7. The Morgan fingerprint density at radius 3 is 2.77 bits per heavy atom. The number of anilines is 1. The smallest absolute Gasteiger partial charge is 0.291 e. The molecule has 0 radical (unpaired) electrons. The zero-order chi connectivity index (χ0) is 22.2. The molecule has 1 aromatic carbocycles. The highest BCUT2D eigenvalue weighted by Crippen LogP contribution is 2.42. The standard InChI is InChI=1S/C24H29N5O2/c1-23(2)9-7-16(8-10-23)19-13-17(24(3)29(4)11-12-31-24)5-6-20(19)28-22(30)21-26-15-18(14-25)27-21/h5-7,13,15H,8-12H2,1-4H3,(H,26,27)(H,28,30). The average molecular weight is 420 g/mol. The summed E-state index contributed by atoms with van der Waals surface area (Å²) >= 11 is 0. The maximum Gasteiger partial charge on any atom is 0.291 e. The molecule has 2 aromatic rings. The number of H-pyrrole nitrogens is 1. The highest BCUT2D eigenvalue weighted by atomic mass is 16.5. The lowest BCUT2D eigenvalue weighted by molar-refractivity contribution is -0.0617. The largest absolute Gasteiger partial charge is 0.355 e. The van der Waals surface area contributed by atoms with Crippen LogP contribution < -0.4 is 5.32 Å². The van der Waals surface area contributed by atoms with E-state index in [2.05, 4.69) is 60.1 Å². The molecule has 1 saturated heterocycles. The third-order valence-electron chi connectivity index (χ3n) is 6.57. The summed E-state index contributed by atoms with van der Waals surface area (Å²) in [6.45, 7) is 8.22. The van der Waals surface area contributed by atoms with Crippen LogP contribution in [0.25, 0.3) is 5.57 Å². The molecule has 7 heteroatoms. The zero-order valence-corrected chi connectivity index (χ0v) is 18.6. The Kier molecular flexibility index (Phi) is 5.46. The van der Waals surface area contributed by atoms with E-state index in [1.807, 2.05) is 18.2 Å². The summed E-state index contributed by atoms with van der Waals surface area (Å²) in [7, 11) is 2.06. The molecular formula is C24H29N5O2. The first-order valence-electron chi connectivity index (χ1n) is 10.7. The van der Waals surface area contributed by atoms with Crippen LogP contribution in [0.2, 0.25) is 0 Å². The molecule has 0 bridgehead atoms. The summed E-state index contributed by atoms with van der Waals surface area (Å²) in [4.78, 5) is 21.7. The van der Waals surface area contributed by atoms with Crippen LogP contribution in [0.1, 0.15) is 67.5 Å². The second-order valence-corrected chi connectivity index (χ2v) is 9.32. The van der Waals surface area contributed by atoms with Gasteiger partial charge in [-0.25, -0.2) is 4.98 Å². The van der Waals surface area contributed by atoms with Gasteiger partial charge in [-0.15, -0.1) is 0 Å². The van der Waals surface area contributed by atoms with Gasteiger partial charge in [-0.2, -0.15) is 5.26 Å². The Hall–Kier alpha value is -2.95. The number of amides is 1. The van der Waals surface area contributed by atoms with Gasteiger partial charge in [-0.3, -0.25) is 9.69 Å². The number of benzene rings is 1. The number of carbonyl (C=O) groups is 1. The molecule has 162 valence electrons. The van der Waals surface area contributed by atoms with Crippen molar-refractivity contribution in [2.45, 2.75) is 45.8 Å². The zero-order valence-electron chi connectivity index (χ0n) is 18.6. The van der Waals surface area contributed by atoms with Gasteiger partial charge in [0.25, 0.3) is 5.91 Å². The van der Waals surface area contributed by atoms with Crippen molar-refractivity contribution in [3.8, 4) is 6.07 Å². The van der Waals surface area contributed by atoms with E-state index in [0.29, 0.717) is 6.61 Å². The van der Waals surface area contributed by atoms with E-state index in [-0.39, 0.29) is 22.8 Å². The number of nitriles is 1. The monoisotopic (exact) mass is 419 g/mol. The van der Waals surface area contributed by atoms with Gasteiger partial charge < -0.3 is 15.0 Å². The maximum absolute atomic E-state index is 12.8. The molecule has 1 aliphatic heterocycles. The number of hydrogen-bond donors (Lipinski definition) is 2. The van der Waals surface area contributed by atoms with Crippen molar-refractivity contribution in [2.24, 2.45) is 5.41 Å². The summed E-state index contributed by atoms with van der Waals surface area (Å²) in [5.41, 5.74) is 4.10. The fourth-order valence-electron chi connectivity index (χ4n) is 4.21. The Balaban J connectivity index is 1.71. The lowest BCUT2D eigenvalue weighted by Gasteiger charge is -2.33. The average Bonchev–Trinajstić information content (AvgIpc) is 3.36. The first-order chi connectivity index (χ1) is 14.7. The molecule has 0 spiro atoms. The van der Waals surface area contributed by atoms with Gasteiger partial charge in [0, 0.05) is 17.8 Å². The summed E-state index contributed by atoms with van der Waals surface area (Å²) < 4.78 is 6.09. The van der Waals surface area contributed by atoms with Crippen molar-refractivity contribution >= 4 is 17.2 Å². The van der Waals surface area contributed by atoms with E-state index in [0.717, 1.165) is 42.6 Å². The molecule has 1 atom stereocenters. The number of rotatable bonds is 4. The topological polar surface area (TPSA) is 94.0 Å². The van der Waals surface area contributed by atoms with E-state index in [1.54, 1.807) is 0 Å². The second kappa shape index (κ2) is 7.95. The van der Waals surface area contributed by atoms with Crippen LogP contribution in [-0.2, 0) is 10.5 Å². The lowest BCUT2D eigenvalue weighted by Crippen LogP contribution is -2.36. The van der Waals surface area contributed by atoms with Crippen LogP contribution in [0, 0.1) is 16.7 Å². The molecule has 2 N–H and O–H groups in total. The van der Waals surface area contributed by atoms with Crippen molar-refractivity contribution in [3.63, 3.8) is 0 Å². The molecule has 2 heterocycles. The van der Waals surface area contributed by atoms with Crippen LogP contribution in [0.3, 0.4) is 0 Å². The highest BCUT2D eigenvalue weighted by molar-refractivity contribution is 6.03. The van der Waals surface area contributed by atoms with Crippen molar-refractivity contribution in [1.82, 2.24) is 14.9 Å². The van der Waals surface area contributed by atoms with E-state index in [4.69, 9.17) is 10.00 Å². The van der Waals surface area contributed by atoms with Gasteiger partial charge in [0.2, 0.25) is 0 Å². The molecular weight excluding hydrogens is 390 g/mol. The Labute approximate surface area is 183 Å². The van der Waals surface area contributed by atoms with Crippen molar-refractivity contribution in [1.29, 1.82) is 5.26 Å².